The number of hydrogen-bond acceptors (Lipinski definition) is 4. The highest BCUT2D eigenvalue weighted by atomic mass is 16.5. The zero-order chi connectivity index (χ0) is 13.1. The van der Waals surface area contributed by atoms with Crippen LogP contribution in [0.25, 0.3) is 0 Å². The highest BCUT2D eigenvalue weighted by Crippen LogP contribution is 1.99. The van der Waals surface area contributed by atoms with E-state index in [2.05, 4.69) is 29.5 Å². The van der Waals surface area contributed by atoms with E-state index in [0.717, 1.165) is 45.0 Å². The molecular formula is C13H26N4O. The number of nitrogens with one attached hydrogen (secondary N) is 1. The summed E-state index contributed by atoms with van der Waals surface area (Å²) >= 11 is 0. The molecule has 104 valence electrons. The summed E-state index contributed by atoms with van der Waals surface area (Å²) in [5.74, 6) is 0. The zero-order valence-electron chi connectivity index (χ0n) is 11.7. The summed E-state index contributed by atoms with van der Waals surface area (Å²) in [4.78, 5) is 0. The van der Waals surface area contributed by atoms with Gasteiger partial charge in [0.05, 0.1) is 18.8 Å². The average Bonchev–Trinajstić information content (AvgIpc) is 2.83. The molecule has 0 aliphatic carbocycles. The largest absolute Gasteiger partial charge is 0.380 e. The molecule has 1 aromatic rings. The molecule has 0 fully saturated rings. The normalized spacial score (nSPS) is 11.0. The fraction of sp³-hybridized carbons (Fsp3) is 0.846. The van der Waals surface area contributed by atoms with Crippen LogP contribution in [0.15, 0.2) is 6.20 Å². The molecule has 1 aromatic heterocycles. The summed E-state index contributed by atoms with van der Waals surface area (Å²) in [6, 6.07) is 0. The summed E-state index contributed by atoms with van der Waals surface area (Å²) in [5, 5.41) is 11.4. The van der Waals surface area contributed by atoms with Gasteiger partial charge in [-0.3, -0.25) is 0 Å². The molecule has 0 aliphatic heterocycles. The van der Waals surface area contributed by atoms with Gasteiger partial charge in [-0.05, 0) is 13.0 Å². The Bertz CT molecular complexity index is 301. The summed E-state index contributed by atoms with van der Waals surface area (Å²) in [5.41, 5.74) is 0.986. The van der Waals surface area contributed by atoms with E-state index in [-0.39, 0.29) is 0 Å². The molecule has 1 heterocycles. The Kier molecular flexibility index (Phi) is 8.42. The molecule has 0 unspecified atom stereocenters. The molecular weight excluding hydrogens is 228 g/mol. The Morgan fingerprint density at radius 2 is 2.11 bits per heavy atom. The monoisotopic (exact) mass is 254 g/mol. The molecule has 0 amide bonds. The first-order valence-electron chi connectivity index (χ1n) is 7.04. The van der Waals surface area contributed by atoms with Crippen molar-refractivity contribution < 1.29 is 4.74 Å². The van der Waals surface area contributed by atoms with Gasteiger partial charge < -0.3 is 10.1 Å². The number of ether oxygens (including phenoxy) is 1. The first kappa shape index (κ1) is 15.1. The van der Waals surface area contributed by atoms with Crippen molar-refractivity contribution in [1.29, 1.82) is 0 Å². The maximum Gasteiger partial charge on any atom is 0.0964 e. The smallest absolute Gasteiger partial charge is 0.0964 e. The van der Waals surface area contributed by atoms with Crippen molar-refractivity contribution in [2.24, 2.45) is 0 Å². The third-order valence-corrected chi connectivity index (χ3v) is 2.75. The SMILES string of the molecule is CCCCCCOCCn1cc(CNCC)nn1. The Labute approximate surface area is 110 Å². The number of hydrogen-bond donors (Lipinski definition) is 1. The van der Waals surface area contributed by atoms with Crippen LogP contribution in [0.1, 0.15) is 45.2 Å². The molecule has 1 N–H and O–H groups in total. The van der Waals surface area contributed by atoms with E-state index >= 15 is 0 Å². The van der Waals surface area contributed by atoms with Crippen molar-refractivity contribution in [1.82, 2.24) is 20.3 Å². The predicted octanol–water partition coefficient (Wildman–Crippen LogP) is 1.98. The average molecular weight is 254 g/mol. The number of aromatic nitrogens is 3. The van der Waals surface area contributed by atoms with Crippen LogP contribution < -0.4 is 5.32 Å². The zero-order valence-corrected chi connectivity index (χ0v) is 11.7. The van der Waals surface area contributed by atoms with Crippen molar-refractivity contribution in [3.05, 3.63) is 11.9 Å². The molecule has 1 rings (SSSR count). The van der Waals surface area contributed by atoms with Crippen molar-refractivity contribution in [2.75, 3.05) is 19.8 Å². The Morgan fingerprint density at radius 3 is 2.89 bits per heavy atom. The van der Waals surface area contributed by atoms with Crippen molar-refractivity contribution in [3.63, 3.8) is 0 Å². The van der Waals surface area contributed by atoms with E-state index in [4.69, 9.17) is 4.74 Å². The van der Waals surface area contributed by atoms with E-state index in [1.165, 1.54) is 19.3 Å². The number of nitrogens with zero attached hydrogens (tertiary/aromatic N) is 3. The Hall–Kier alpha value is -0.940. The third kappa shape index (κ3) is 6.71. The molecule has 0 radical (unpaired) electrons. The second-order valence-corrected chi connectivity index (χ2v) is 4.43. The van der Waals surface area contributed by atoms with E-state index in [1.807, 2.05) is 10.9 Å². The van der Waals surface area contributed by atoms with Gasteiger partial charge in [0.15, 0.2) is 0 Å². The van der Waals surface area contributed by atoms with E-state index in [0.29, 0.717) is 0 Å². The predicted molar refractivity (Wildman–Crippen MR) is 72.4 cm³/mol. The molecule has 0 saturated heterocycles. The third-order valence-electron chi connectivity index (χ3n) is 2.75. The molecule has 5 nitrogen and oxygen atoms in total. The molecule has 0 atom stereocenters. The van der Waals surface area contributed by atoms with Crippen LogP contribution in [0.5, 0.6) is 0 Å². The lowest BCUT2D eigenvalue weighted by atomic mass is 10.2. The van der Waals surface area contributed by atoms with Crippen LogP contribution in [0.3, 0.4) is 0 Å². The van der Waals surface area contributed by atoms with Gasteiger partial charge in [0.1, 0.15) is 0 Å². The van der Waals surface area contributed by atoms with Gasteiger partial charge in [0.2, 0.25) is 0 Å². The molecule has 0 bridgehead atoms. The maximum atomic E-state index is 5.57. The lowest BCUT2D eigenvalue weighted by Gasteiger charge is -2.03. The Balaban J connectivity index is 2.03. The summed E-state index contributed by atoms with van der Waals surface area (Å²) in [6.07, 6.45) is 6.99. The lowest BCUT2D eigenvalue weighted by molar-refractivity contribution is 0.119. The topological polar surface area (TPSA) is 52.0 Å². The highest BCUT2D eigenvalue weighted by molar-refractivity contribution is 4.91. The fourth-order valence-corrected chi connectivity index (χ4v) is 1.67. The maximum absolute atomic E-state index is 5.57. The van der Waals surface area contributed by atoms with Gasteiger partial charge in [0.25, 0.3) is 0 Å². The van der Waals surface area contributed by atoms with Crippen molar-refractivity contribution in [2.45, 2.75) is 52.6 Å². The summed E-state index contributed by atoms with van der Waals surface area (Å²) in [7, 11) is 0. The number of rotatable bonds is 11. The molecule has 0 aromatic carbocycles. The van der Waals surface area contributed by atoms with Crippen molar-refractivity contribution >= 4 is 0 Å². The van der Waals surface area contributed by atoms with E-state index in [9.17, 15) is 0 Å². The van der Waals surface area contributed by atoms with Gasteiger partial charge in [-0.25, -0.2) is 4.68 Å². The van der Waals surface area contributed by atoms with E-state index in [1.54, 1.807) is 0 Å². The van der Waals surface area contributed by atoms with Crippen LogP contribution in [0, 0.1) is 0 Å². The molecule has 5 heteroatoms. The lowest BCUT2D eigenvalue weighted by Crippen LogP contribution is -2.12. The van der Waals surface area contributed by atoms with Crippen LogP contribution in [-0.2, 0) is 17.8 Å². The minimum Gasteiger partial charge on any atom is -0.380 e. The minimum absolute atomic E-state index is 0.718. The second kappa shape index (κ2) is 10.0. The van der Waals surface area contributed by atoms with Gasteiger partial charge in [-0.1, -0.05) is 38.3 Å². The van der Waals surface area contributed by atoms with Crippen LogP contribution >= 0.6 is 0 Å². The van der Waals surface area contributed by atoms with Crippen LogP contribution in [-0.4, -0.2) is 34.8 Å². The first-order valence-corrected chi connectivity index (χ1v) is 7.04. The number of unbranched alkanes of at least 4 members (excludes halogenated alkanes) is 3. The highest BCUT2D eigenvalue weighted by Gasteiger charge is 1.99. The summed E-state index contributed by atoms with van der Waals surface area (Å²) < 4.78 is 7.42. The van der Waals surface area contributed by atoms with E-state index < -0.39 is 0 Å². The minimum atomic E-state index is 0.718. The van der Waals surface area contributed by atoms with Gasteiger partial charge in [0, 0.05) is 19.3 Å². The molecule has 0 spiro atoms. The van der Waals surface area contributed by atoms with Gasteiger partial charge in [-0.2, -0.15) is 0 Å². The molecule has 18 heavy (non-hydrogen) atoms. The van der Waals surface area contributed by atoms with Gasteiger partial charge in [-0.15, -0.1) is 5.10 Å². The van der Waals surface area contributed by atoms with Crippen LogP contribution in [0.2, 0.25) is 0 Å². The quantitative estimate of drug-likeness (QED) is 0.614. The fourth-order valence-electron chi connectivity index (χ4n) is 1.67. The van der Waals surface area contributed by atoms with Crippen LogP contribution in [0.4, 0.5) is 0 Å². The molecule has 0 aliphatic rings. The first-order chi connectivity index (χ1) is 8.86. The standard InChI is InChI=1S/C13H26N4O/c1-3-5-6-7-9-18-10-8-17-12-13(15-16-17)11-14-4-2/h12,14H,3-11H2,1-2H3. The second-order valence-electron chi connectivity index (χ2n) is 4.43. The van der Waals surface area contributed by atoms with Gasteiger partial charge >= 0.3 is 0 Å². The Morgan fingerprint density at radius 1 is 1.22 bits per heavy atom. The van der Waals surface area contributed by atoms with Crippen molar-refractivity contribution in [3.8, 4) is 0 Å². The molecule has 0 saturated carbocycles. The summed E-state index contributed by atoms with van der Waals surface area (Å²) in [6.45, 7) is 8.40.